The van der Waals surface area contributed by atoms with Crippen LogP contribution in [0.3, 0.4) is 0 Å². The maximum atomic E-state index is 4.69. The van der Waals surface area contributed by atoms with Crippen LogP contribution in [-0.4, -0.2) is 40.3 Å². The van der Waals surface area contributed by atoms with Crippen LogP contribution in [0.25, 0.3) is 5.65 Å². The summed E-state index contributed by atoms with van der Waals surface area (Å²) in [6, 6.07) is 6.63. The molecular formula is C14H21N5. The van der Waals surface area contributed by atoms with Crippen molar-refractivity contribution in [2.75, 3.05) is 24.5 Å². The molecule has 1 atom stereocenters. The first-order valence-electron chi connectivity index (χ1n) is 7.09. The van der Waals surface area contributed by atoms with Gasteiger partial charge in [-0.25, -0.2) is 4.52 Å². The Balaban J connectivity index is 1.97. The molecule has 0 amide bonds. The highest BCUT2D eigenvalue weighted by molar-refractivity contribution is 5.46. The largest absolute Gasteiger partial charge is 0.335 e. The molecular weight excluding hydrogens is 238 g/mol. The zero-order chi connectivity index (χ0) is 13.2. The van der Waals surface area contributed by atoms with Gasteiger partial charge in [0.15, 0.2) is 5.65 Å². The minimum Gasteiger partial charge on any atom is -0.335 e. The SMILES string of the molecule is CCCN(c1nc2cccc(C)n2n1)C1CCNC1. The van der Waals surface area contributed by atoms with E-state index < -0.39 is 0 Å². The molecule has 3 heterocycles. The van der Waals surface area contributed by atoms with Crippen LogP contribution < -0.4 is 10.2 Å². The van der Waals surface area contributed by atoms with E-state index >= 15 is 0 Å². The van der Waals surface area contributed by atoms with Crippen molar-refractivity contribution < 1.29 is 0 Å². The van der Waals surface area contributed by atoms with E-state index in [9.17, 15) is 0 Å². The molecule has 1 aliphatic rings. The van der Waals surface area contributed by atoms with Gasteiger partial charge >= 0.3 is 0 Å². The van der Waals surface area contributed by atoms with Crippen molar-refractivity contribution >= 4 is 11.6 Å². The highest BCUT2D eigenvalue weighted by Gasteiger charge is 2.24. The number of fused-ring (bicyclic) bond motifs is 1. The Morgan fingerprint density at radius 2 is 2.37 bits per heavy atom. The molecule has 102 valence electrons. The third kappa shape index (κ3) is 2.30. The normalized spacial score (nSPS) is 19.2. The molecule has 5 nitrogen and oxygen atoms in total. The maximum absolute atomic E-state index is 4.69. The van der Waals surface area contributed by atoms with Crippen LogP contribution in [0.5, 0.6) is 0 Å². The summed E-state index contributed by atoms with van der Waals surface area (Å²) < 4.78 is 1.93. The van der Waals surface area contributed by atoms with Crippen LogP contribution in [0.1, 0.15) is 25.5 Å². The second-order valence-corrected chi connectivity index (χ2v) is 5.19. The van der Waals surface area contributed by atoms with Crippen LogP contribution in [0.2, 0.25) is 0 Å². The van der Waals surface area contributed by atoms with Gasteiger partial charge in [-0.05, 0) is 38.4 Å². The monoisotopic (exact) mass is 259 g/mol. The number of pyridine rings is 1. The molecule has 0 spiro atoms. The molecule has 1 unspecified atom stereocenters. The van der Waals surface area contributed by atoms with Gasteiger partial charge in [0.1, 0.15) is 0 Å². The maximum Gasteiger partial charge on any atom is 0.245 e. The first kappa shape index (κ1) is 12.4. The Kier molecular flexibility index (Phi) is 3.38. The lowest BCUT2D eigenvalue weighted by Crippen LogP contribution is -2.38. The fourth-order valence-electron chi connectivity index (χ4n) is 2.74. The number of nitrogens with zero attached hydrogens (tertiary/aromatic N) is 4. The van der Waals surface area contributed by atoms with E-state index in [0.29, 0.717) is 6.04 Å². The number of hydrogen-bond donors (Lipinski definition) is 1. The van der Waals surface area contributed by atoms with E-state index in [1.54, 1.807) is 0 Å². The minimum absolute atomic E-state index is 0.526. The lowest BCUT2D eigenvalue weighted by Gasteiger charge is -2.26. The summed E-state index contributed by atoms with van der Waals surface area (Å²) in [5.41, 5.74) is 2.05. The van der Waals surface area contributed by atoms with Crippen LogP contribution in [0.4, 0.5) is 5.95 Å². The zero-order valence-corrected chi connectivity index (χ0v) is 11.6. The molecule has 0 aromatic carbocycles. The van der Waals surface area contributed by atoms with Gasteiger partial charge < -0.3 is 10.2 Å². The van der Waals surface area contributed by atoms with Gasteiger partial charge in [0.05, 0.1) is 0 Å². The number of anilines is 1. The molecule has 0 saturated carbocycles. The lowest BCUT2D eigenvalue weighted by molar-refractivity contribution is 0.609. The second-order valence-electron chi connectivity index (χ2n) is 5.19. The molecule has 1 saturated heterocycles. The number of aryl methyl sites for hydroxylation is 1. The Labute approximate surface area is 113 Å². The number of rotatable bonds is 4. The molecule has 0 bridgehead atoms. The highest BCUT2D eigenvalue weighted by Crippen LogP contribution is 2.18. The summed E-state index contributed by atoms with van der Waals surface area (Å²) >= 11 is 0. The van der Waals surface area contributed by atoms with Crippen molar-refractivity contribution in [3.8, 4) is 0 Å². The van der Waals surface area contributed by atoms with E-state index in [1.807, 2.05) is 16.6 Å². The molecule has 1 fully saturated rings. The van der Waals surface area contributed by atoms with Gasteiger partial charge in [0.2, 0.25) is 5.95 Å². The van der Waals surface area contributed by atoms with Gasteiger partial charge in [-0.3, -0.25) is 0 Å². The van der Waals surface area contributed by atoms with E-state index in [4.69, 9.17) is 0 Å². The molecule has 2 aromatic rings. The summed E-state index contributed by atoms with van der Waals surface area (Å²) in [7, 11) is 0. The van der Waals surface area contributed by atoms with Gasteiger partial charge in [-0.2, -0.15) is 4.98 Å². The summed E-state index contributed by atoms with van der Waals surface area (Å²) in [6.07, 6.45) is 2.29. The number of aromatic nitrogens is 3. The van der Waals surface area contributed by atoms with E-state index in [2.05, 4.69) is 40.2 Å². The van der Waals surface area contributed by atoms with Crippen molar-refractivity contribution in [3.63, 3.8) is 0 Å². The molecule has 3 rings (SSSR count). The standard InChI is InChI=1S/C14H21N5/c1-3-9-18(12-7-8-15-10-12)14-16-13-6-4-5-11(2)19(13)17-14/h4-6,12,15H,3,7-10H2,1-2H3. The van der Waals surface area contributed by atoms with Crippen LogP contribution in [0.15, 0.2) is 18.2 Å². The zero-order valence-electron chi connectivity index (χ0n) is 11.6. The summed E-state index contributed by atoms with van der Waals surface area (Å²) in [5.74, 6) is 0.866. The van der Waals surface area contributed by atoms with Crippen molar-refractivity contribution in [3.05, 3.63) is 23.9 Å². The predicted molar refractivity (Wildman–Crippen MR) is 76.6 cm³/mol. The summed E-state index contributed by atoms with van der Waals surface area (Å²) in [6.45, 7) is 7.41. The number of nitrogens with one attached hydrogen (secondary N) is 1. The van der Waals surface area contributed by atoms with Crippen LogP contribution in [-0.2, 0) is 0 Å². The smallest absolute Gasteiger partial charge is 0.245 e. The third-order valence-corrected chi connectivity index (χ3v) is 3.73. The molecule has 0 aliphatic carbocycles. The molecule has 1 N–H and O–H groups in total. The lowest BCUT2D eigenvalue weighted by atomic mass is 10.2. The Morgan fingerprint density at radius 3 is 3.05 bits per heavy atom. The van der Waals surface area contributed by atoms with Gasteiger partial charge in [0.25, 0.3) is 0 Å². The molecule has 0 radical (unpaired) electrons. The molecule has 2 aromatic heterocycles. The predicted octanol–water partition coefficient (Wildman–Crippen LogP) is 1.62. The van der Waals surface area contributed by atoms with Crippen LogP contribution >= 0.6 is 0 Å². The van der Waals surface area contributed by atoms with Gasteiger partial charge in [0, 0.05) is 24.8 Å². The quantitative estimate of drug-likeness (QED) is 0.906. The summed E-state index contributed by atoms with van der Waals surface area (Å²) in [4.78, 5) is 7.04. The van der Waals surface area contributed by atoms with Gasteiger partial charge in [-0.15, -0.1) is 5.10 Å². The van der Waals surface area contributed by atoms with E-state index in [-0.39, 0.29) is 0 Å². The third-order valence-electron chi connectivity index (χ3n) is 3.73. The fourth-order valence-corrected chi connectivity index (χ4v) is 2.74. The van der Waals surface area contributed by atoms with Crippen molar-refractivity contribution in [2.24, 2.45) is 0 Å². The first-order chi connectivity index (χ1) is 9.29. The summed E-state index contributed by atoms with van der Waals surface area (Å²) in [5, 5.41) is 8.10. The molecule has 19 heavy (non-hydrogen) atoms. The second kappa shape index (κ2) is 5.17. The average molecular weight is 259 g/mol. The Hall–Kier alpha value is -1.62. The van der Waals surface area contributed by atoms with Crippen molar-refractivity contribution in [1.29, 1.82) is 0 Å². The van der Waals surface area contributed by atoms with Crippen LogP contribution in [0, 0.1) is 6.92 Å². The molecule has 5 heteroatoms. The van der Waals surface area contributed by atoms with Gasteiger partial charge in [-0.1, -0.05) is 13.0 Å². The van der Waals surface area contributed by atoms with Crippen molar-refractivity contribution in [1.82, 2.24) is 19.9 Å². The first-order valence-corrected chi connectivity index (χ1v) is 7.09. The Morgan fingerprint density at radius 1 is 1.47 bits per heavy atom. The van der Waals surface area contributed by atoms with E-state index in [0.717, 1.165) is 43.3 Å². The highest BCUT2D eigenvalue weighted by atomic mass is 15.4. The number of hydrogen-bond acceptors (Lipinski definition) is 4. The fraction of sp³-hybridized carbons (Fsp3) is 0.571. The average Bonchev–Trinajstić information content (AvgIpc) is 3.05. The van der Waals surface area contributed by atoms with E-state index in [1.165, 1.54) is 6.42 Å². The topological polar surface area (TPSA) is 45.5 Å². The Bertz CT molecular complexity index is 556. The van der Waals surface area contributed by atoms with Crippen molar-refractivity contribution in [2.45, 2.75) is 32.7 Å². The molecule has 1 aliphatic heterocycles. The minimum atomic E-state index is 0.526.